The molecule has 0 radical (unpaired) electrons. The molecule has 4 heteroatoms. The van der Waals surface area contributed by atoms with Gasteiger partial charge in [0, 0.05) is 19.3 Å². The summed E-state index contributed by atoms with van der Waals surface area (Å²) in [6.07, 6.45) is 3.61. The average Bonchev–Trinajstić information content (AvgIpc) is 2.57. The molecule has 0 unspecified atom stereocenters. The van der Waals surface area contributed by atoms with Crippen molar-refractivity contribution < 1.29 is 9.13 Å². The Kier molecular flexibility index (Phi) is 6.77. The van der Waals surface area contributed by atoms with Crippen LogP contribution in [0, 0.1) is 28.5 Å². The Balaban J connectivity index is 1.94. The summed E-state index contributed by atoms with van der Waals surface area (Å²) in [4.78, 5) is 2.34. The van der Waals surface area contributed by atoms with E-state index in [0.29, 0.717) is 19.1 Å². The van der Waals surface area contributed by atoms with Gasteiger partial charge in [-0.3, -0.25) is 4.90 Å². The van der Waals surface area contributed by atoms with E-state index in [9.17, 15) is 9.65 Å². The highest BCUT2D eigenvalue weighted by molar-refractivity contribution is 5.20. The molecule has 1 aliphatic rings. The highest BCUT2D eigenvalue weighted by Gasteiger charge is 2.32. The van der Waals surface area contributed by atoms with Crippen LogP contribution in [0.4, 0.5) is 4.39 Å². The third-order valence-corrected chi connectivity index (χ3v) is 5.17. The van der Waals surface area contributed by atoms with Crippen LogP contribution in [0.2, 0.25) is 0 Å². The first-order valence-corrected chi connectivity index (χ1v) is 8.92. The molecule has 0 aromatic heterocycles. The Bertz CT molecular complexity index is 544. The van der Waals surface area contributed by atoms with E-state index in [1.807, 2.05) is 12.1 Å². The molecule has 0 saturated carbocycles. The van der Waals surface area contributed by atoms with Gasteiger partial charge in [0.1, 0.15) is 5.82 Å². The summed E-state index contributed by atoms with van der Waals surface area (Å²) in [6.45, 7) is 6.73. The summed E-state index contributed by atoms with van der Waals surface area (Å²) in [5.41, 5.74) is 0.942. The molecule has 3 nitrogen and oxygen atoms in total. The highest BCUT2D eigenvalue weighted by Crippen LogP contribution is 2.35. The first-order valence-electron chi connectivity index (χ1n) is 8.92. The van der Waals surface area contributed by atoms with Crippen LogP contribution in [-0.2, 0) is 4.74 Å². The molecule has 0 bridgehead atoms. The topological polar surface area (TPSA) is 36.3 Å². The van der Waals surface area contributed by atoms with Gasteiger partial charge in [0.15, 0.2) is 0 Å². The molecular weight excluding hydrogens is 303 g/mol. The Morgan fingerprint density at radius 3 is 2.42 bits per heavy atom. The van der Waals surface area contributed by atoms with Crippen molar-refractivity contribution in [1.29, 1.82) is 5.26 Å². The summed E-state index contributed by atoms with van der Waals surface area (Å²) >= 11 is 0. The van der Waals surface area contributed by atoms with Crippen LogP contribution >= 0.6 is 0 Å². The quantitative estimate of drug-likeness (QED) is 0.734. The fraction of sp³-hybridized carbons (Fsp3) is 0.650. The van der Waals surface area contributed by atoms with Gasteiger partial charge in [-0.2, -0.15) is 5.26 Å². The van der Waals surface area contributed by atoms with E-state index in [2.05, 4.69) is 31.9 Å². The van der Waals surface area contributed by atoms with Crippen molar-refractivity contribution in [2.75, 3.05) is 26.8 Å². The zero-order chi connectivity index (χ0) is 17.6. The number of ether oxygens (including phenoxy) is 1. The zero-order valence-electron chi connectivity index (χ0n) is 15.1. The van der Waals surface area contributed by atoms with E-state index in [0.717, 1.165) is 37.8 Å². The lowest BCUT2D eigenvalue weighted by atomic mass is 9.78. The van der Waals surface area contributed by atoms with Crippen molar-refractivity contribution in [2.24, 2.45) is 11.3 Å². The first kappa shape index (κ1) is 18.9. The van der Waals surface area contributed by atoms with Gasteiger partial charge < -0.3 is 4.74 Å². The van der Waals surface area contributed by atoms with Crippen LogP contribution in [0.25, 0.3) is 0 Å². The molecule has 1 saturated heterocycles. The van der Waals surface area contributed by atoms with Gasteiger partial charge in [0.25, 0.3) is 0 Å². The fourth-order valence-electron chi connectivity index (χ4n) is 3.79. The smallest absolute Gasteiger partial charge is 0.123 e. The number of rotatable bonds is 7. The molecule has 0 spiro atoms. The van der Waals surface area contributed by atoms with Gasteiger partial charge in [0.2, 0.25) is 0 Å². The van der Waals surface area contributed by atoms with Crippen molar-refractivity contribution in [2.45, 2.75) is 45.6 Å². The zero-order valence-corrected chi connectivity index (χ0v) is 15.1. The van der Waals surface area contributed by atoms with Crippen LogP contribution in [-0.4, -0.2) is 31.7 Å². The second kappa shape index (κ2) is 8.60. The fourth-order valence-corrected chi connectivity index (χ4v) is 3.79. The van der Waals surface area contributed by atoms with E-state index >= 15 is 0 Å². The maximum absolute atomic E-state index is 13.2. The monoisotopic (exact) mass is 332 g/mol. The lowest BCUT2D eigenvalue weighted by Crippen LogP contribution is -2.32. The Labute approximate surface area is 145 Å². The van der Waals surface area contributed by atoms with Gasteiger partial charge >= 0.3 is 0 Å². The van der Waals surface area contributed by atoms with Crippen molar-refractivity contribution in [3.8, 4) is 6.07 Å². The Morgan fingerprint density at radius 2 is 1.88 bits per heavy atom. The Hall–Kier alpha value is -1.44. The predicted molar refractivity (Wildman–Crippen MR) is 93.9 cm³/mol. The second-order valence-electron chi connectivity index (χ2n) is 7.33. The van der Waals surface area contributed by atoms with Gasteiger partial charge in [-0.25, -0.2) is 4.39 Å². The molecule has 0 aliphatic carbocycles. The van der Waals surface area contributed by atoms with Gasteiger partial charge in [-0.05, 0) is 62.9 Å². The van der Waals surface area contributed by atoms with Crippen LogP contribution in [0.1, 0.15) is 51.1 Å². The molecule has 1 aromatic rings. The van der Waals surface area contributed by atoms with Crippen molar-refractivity contribution in [3.05, 3.63) is 35.6 Å². The maximum Gasteiger partial charge on any atom is 0.123 e. The van der Waals surface area contributed by atoms with E-state index in [1.165, 1.54) is 12.1 Å². The number of hydrogen-bond donors (Lipinski definition) is 0. The summed E-state index contributed by atoms with van der Waals surface area (Å²) in [7, 11) is 2.12. The van der Waals surface area contributed by atoms with Crippen LogP contribution in [0.5, 0.6) is 0 Å². The van der Waals surface area contributed by atoms with Crippen LogP contribution in [0.15, 0.2) is 24.3 Å². The molecular formula is C20H29FN2O. The van der Waals surface area contributed by atoms with Gasteiger partial charge in [-0.1, -0.05) is 26.0 Å². The number of nitriles is 1. The molecule has 2 rings (SSSR count). The van der Waals surface area contributed by atoms with E-state index < -0.39 is 0 Å². The number of halogens is 1. The minimum absolute atomic E-state index is 0.195. The largest absolute Gasteiger partial charge is 0.381 e. The maximum atomic E-state index is 13.2. The number of nitrogens with zero attached hydrogens (tertiary/aromatic N) is 2. The summed E-state index contributed by atoms with van der Waals surface area (Å²) < 4.78 is 18.6. The molecule has 1 aliphatic heterocycles. The molecule has 1 atom stereocenters. The summed E-state index contributed by atoms with van der Waals surface area (Å²) in [5, 5.41) is 9.55. The van der Waals surface area contributed by atoms with E-state index in [4.69, 9.17) is 4.74 Å². The third-order valence-electron chi connectivity index (χ3n) is 5.17. The third kappa shape index (κ3) is 4.78. The molecule has 0 N–H and O–H groups in total. The average molecular weight is 332 g/mol. The minimum atomic E-state index is -0.206. The number of hydrogen-bond acceptors (Lipinski definition) is 3. The second-order valence-corrected chi connectivity index (χ2v) is 7.33. The minimum Gasteiger partial charge on any atom is -0.381 e. The molecule has 132 valence electrons. The SMILES string of the molecule is CC(C)[C@H](c1ccc(F)cc1)N(C)CCCC1(C#N)CCOCC1. The molecule has 1 heterocycles. The van der Waals surface area contributed by atoms with Crippen molar-refractivity contribution in [1.82, 2.24) is 4.90 Å². The first-order chi connectivity index (χ1) is 11.5. The van der Waals surface area contributed by atoms with Crippen LogP contribution < -0.4 is 0 Å². The highest BCUT2D eigenvalue weighted by atomic mass is 19.1. The van der Waals surface area contributed by atoms with E-state index in [-0.39, 0.29) is 17.3 Å². The van der Waals surface area contributed by atoms with Gasteiger partial charge in [-0.15, -0.1) is 0 Å². The standard InChI is InChI=1S/C20H29FN2O/c1-16(2)19(17-5-7-18(21)8-6-17)23(3)12-4-9-20(15-22)10-13-24-14-11-20/h5-8,16,19H,4,9-14H2,1-3H3/t19-/m1/s1. The predicted octanol–water partition coefficient (Wildman–Crippen LogP) is 4.56. The summed E-state index contributed by atoms with van der Waals surface area (Å²) in [6, 6.07) is 9.63. The normalized spacial score (nSPS) is 18.5. The molecule has 1 aromatic carbocycles. The molecule has 0 amide bonds. The lowest BCUT2D eigenvalue weighted by molar-refractivity contribution is 0.0344. The Morgan fingerprint density at radius 1 is 1.25 bits per heavy atom. The van der Waals surface area contributed by atoms with Crippen molar-refractivity contribution >= 4 is 0 Å². The van der Waals surface area contributed by atoms with Gasteiger partial charge in [0.05, 0.1) is 11.5 Å². The van der Waals surface area contributed by atoms with Crippen LogP contribution in [0.3, 0.4) is 0 Å². The number of benzene rings is 1. The summed E-state index contributed by atoms with van der Waals surface area (Å²) in [5.74, 6) is 0.243. The van der Waals surface area contributed by atoms with Crippen molar-refractivity contribution in [3.63, 3.8) is 0 Å². The molecule has 1 fully saturated rings. The van der Waals surface area contributed by atoms with E-state index in [1.54, 1.807) is 0 Å². The molecule has 24 heavy (non-hydrogen) atoms. The lowest BCUT2D eigenvalue weighted by Gasteiger charge is -2.34.